The number of rotatable bonds is 7. The number of Topliss-reactive ketones (excluding diaryl/α,β-unsaturated/α-hetero) is 1. The molecule has 6 heteroatoms. The van der Waals surface area contributed by atoms with Gasteiger partial charge in [0.1, 0.15) is 6.42 Å². The van der Waals surface area contributed by atoms with E-state index in [1.165, 1.54) is 0 Å². The Balaban J connectivity index is 2.83. The number of carbonyl (C=O) groups is 2. The summed E-state index contributed by atoms with van der Waals surface area (Å²) >= 11 is 12.0. The van der Waals surface area contributed by atoms with E-state index in [9.17, 15) is 9.59 Å². The van der Waals surface area contributed by atoms with Gasteiger partial charge in [0.15, 0.2) is 5.78 Å². The van der Waals surface area contributed by atoms with Crippen LogP contribution in [0.25, 0.3) is 0 Å². The minimum absolute atomic E-state index is 0.0608. The third-order valence-electron chi connectivity index (χ3n) is 2.80. The van der Waals surface area contributed by atoms with Crippen molar-refractivity contribution in [3.63, 3.8) is 0 Å². The zero-order valence-electron chi connectivity index (χ0n) is 12.4. The number of halogens is 2. The monoisotopic (exact) mass is 331 g/mol. The van der Waals surface area contributed by atoms with Crippen molar-refractivity contribution in [2.75, 3.05) is 18.1 Å². The number of nitrogens with zero attached hydrogens (tertiary/aromatic N) is 1. The van der Waals surface area contributed by atoms with Gasteiger partial charge in [-0.25, -0.2) is 0 Å². The third-order valence-corrected chi connectivity index (χ3v) is 3.23. The number of ketones is 1. The van der Waals surface area contributed by atoms with Crippen molar-refractivity contribution in [1.82, 2.24) is 0 Å². The van der Waals surface area contributed by atoms with E-state index in [1.807, 2.05) is 18.7 Å². The maximum absolute atomic E-state index is 12.0. The minimum Gasteiger partial charge on any atom is -0.466 e. The number of esters is 1. The minimum atomic E-state index is -0.504. The highest BCUT2D eigenvalue weighted by atomic mass is 35.5. The lowest BCUT2D eigenvalue weighted by molar-refractivity contribution is -0.145. The first-order chi connectivity index (χ1) is 9.83. The molecule has 0 aromatic heterocycles. The second kappa shape index (κ2) is 8.25. The Hall–Kier alpha value is -1.26. The van der Waals surface area contributed by atoms with E-state index < -0.39 is 5.97 Å². The molecule has 0 saturated heterocycles. The number of ether oxygens (including phenoxy) is 1. The second-order valence-corrected chi connectivity index (χ2v) is 5.74. The summed E-state index contributed by atoms with van der Waals surface area (Å²) in [6.07, 6.45) is -0.231. The predicted molar refractivity (Wildman–Crippen MR) is 85.2 cm³/mol. The van der Waals surface area contributed by atoms with Gasteiger partial charge in [-0.2, -0.15) is 0 Å². The van der Waals surface area contributed by atoms with Crippen LogP contribution in [-0.2, 0) is 14.3 Å². The van der Waals surface area contributed by atoms with Gasteiger partial charge in [-0.05, 0) is 39.0 Å². The summed E-state index contributed by atoms with van der Waals surface area (Å²) in [6.45, 7) is 5.98. The molecular weight excluding hydrogens is 313 g/mol. The van der Waals surface area contributed by atoms with Crippen molar-refractivity contribution >= 4 is 40.6 Å². The van der Waals surface area contributed by atoms with Crippen LogP contribution in [0.5, 0.6) is 0 Å². The molecule has 0 heterocycles. The summed E-state index contributed by atoms with van der Waals surface area (Å²) in [7, 11) is 0. The Kier molecular flexibility index (Phi) is 6.99. The van der Waals surface area contributed by atoms with Crippen molar-refractivity contribution in [2.24, 2.45) is 0 Å². The fraction of sp³-hybridized carbons (Fsp3) is 0.467. The van der Waals surface area contributed by atoms with Crippen LogP contribution >= 0.6 is 23.2 Å². The highest BCUT2D eigenvalue weighted by Crippen LogP contribution is 2.26. The number of hydrogen-bond acceptors (Lipinski definition) is 4. The van der Waals surface area contributed by atoms with Gasteiger partial charge in [0.25, 0.3) is 0 Å². The van der Waals surface area contributed by atoms with Crippen LogP contribution in [0.1, 0.15) is 27.2 Å². The fourth-order valence-corrected chi connectivity index (χ4v) is 2.41. The largest absolute Gasteiger partial charge is 0.466 e. The predicted octanol–water partition coefficient (Wildman–Crippen LogP) is 3.73. The van der Waals surface area contributed by atoms with Gasteiger partial charge in [-0.3, -0.25) is 9.59 Å². The van der Waals surface area contributed by atoms with E-state index in [0.29, 0.717) is 10.0 Å². The van der Waals surface area contributed by atoms with E-state index >= 15 is 0 Å². The summed E-state index contributed by atoms with van der Waals surface area (Å²) < 4.78 is 4.78. The maximum atomic E-state index is 12.0. The van der Waals surface area contributed by atoms with Gasteiger partial charge in [0.2, 0.25) is 0 Å². The molecule has 4 nitrogen and oxygen atoms in total. The molecular formula is C15H19Cl2NO3. The molecule has 1 aromatic rings. The van der Waals surface area contributed by atoms with E-state index in [0.717, 1.165) is 5.69 Å². The van der Waals surface area contributed by atoms with Gasteiger partial charge in [-0.15, -0.1) is 0 Å². The molecule has 0 saturated carbocycles. The maximum Gasteiger partial charge on any atom is 0.313 e. The Morgan fingerprint density at radius 2 is 1.76 bits per heavy atom. The van der Waals surface area contributed by atoms with Gasteiger partial charge in [-0.1, -0.05) is 23.2 Å². The molecule has 1 rings (SSSR count). The molecule has 0 amide bonds. The summed E-state index contributed by atoms with van der Waals surface area (Å²) in [4.78, 5) is 25.2. The van der Waals surface area contributed by atoms with Crippen LogP contribution in [0.2, 0.25) is 10.0 Å². The van der Waals surface area contributed by atoms with Crippen molar-refractivity contribution in [1.29, 1.82) is 0 Å². The number of anilines is 1. The lowest BCUT2D eigenvalue weighted by atomic mass is 10.2. The average Bonchev–Trinajstić information content (AvgIpc) is 2.34. The van der Waals surface area contributed by atoms with E-state index in [1.54, 1.807) is 25.1 Å². The molecule has 0 radical (unpaired) electrons. The summed E-state index contributed by atoms with van der Waals surface area (Å²) in [5.41, 5.74) is 0.750. The van der Waals surface area contributed by atoms with Crippen molar-refractivity contribution < 1.29 is 14.3 Å². The van der Waals surface area contributed by atoms with Gasteiger partial charge in [0, 0.05) is 21.8 Å². The first-order valence-corrected chi connectivity index (χ1v) is 7.49. The highest BCUT2D eigenvalue weighted by molar-refractivity contribution is 6.35. The standard InChI is InChI=1S/C15H19Cl2NO3/c1-4-21-15(20)8-14(19)9-18(10(2)3)13-6-11(16)5-12(17)7-13/h5-7,10H,4,8-9H2,1-3H3. The van der Waals surface area contributed by atoms with Crippen LogP contribution in [0, 0.1) is 0 Å². The lowest BCUT2D eigenvalue weighted by Gasteiger charge is -2.28. The Morgan fingerprint density at radius 1 is 1.19 bits per heavy atom. The number of carbonyl (C=O) groups excluding carboxylic acids is 2. The molecule has 116 valence electrons. The van der Waals surface area contributed by atoms with Crippen LogP contribution in [0.15, 0.2) is 18.2 Å². The Bertz CT molecular complexity index is 497. The molecule has 0 aliphatic rings. The van der Waals surface area contributed by atoms with Gasteiger partial charge < -0.3 is 9.64 Å². The van der Waals surface area contributed by atoms with Crippen LogP contribution < -0.4 is 4.90 Å². The molecule has 0 atom stereocenters. The molecule has 0 N–H and O–H groups in total. The van der Waals surface area contributed by atoms with Crippen molar-refractivity contribution in [2.45, 2.75) is 33.2 Å². The second-order valence-electron chi connectivity index (χ2n) is 4.87. The number of hydrogen-bond donors (Lipinski definition) is 0. The quantitative estimate of drug-likeness (QED) is 0.564. The molecule has 0 aliphatic heterocycles. The van der Waals surface area contributed by atoms with E-state index in [4.69, 9.17) is 27.9 Å². The first-order valence-electron chi connectivity index (χ1n) is 6.73. The normalized spacial score (nSPS) is 10.6. The molecule has 0 unspecified atom stereocenters. The summed E-state index contributed by atoms with van der Waals surface area (Å²) in [5.74, 6) is -0.714. The Labute approximate surface area is 135 Å². The molecule has 0 bridgehead atoms. The molecule has 1 aromatic carbocycles. The highest BCUT2D eigenvalue weighted by Gasteiger charge is 2.18. The molecule has 0 aliphatic carbocycles. The van der Waals surface area contributed by atoms with E-state index in [-0.39, 0.29) is 31.4 Å². The van der Waals surface area contributed by atoms with Crippen LogP contribution in [0.3, 0.4) is 0 Å². The van der Waals surface area contributed by atoms with Gasteiger partial charge >= 0.3 is 5.97 Å². The lowest BCUT2D eigenvalue weighted by Crippen LogP contribution is -2.36. The molecule has 0 spiro atoms. The Morgan fingerprint density at radius 3 is 2.24 bits per heavy atom. The van der Waals surface area contributed by atoms with Gasteiger partial charge in [0.05, 0.1) is 13.2 Å². The zero-order valence-corrected chi connectivity index (χ0v) is 13.9. The zero-order chi connectivity index (χ0) is 16.0. The van der Waals surface area contributed by atoms with Crippen molar-refractivity contribution in [3.05, 3.63) is 28.2 Å². The first kappa shape index (κ1) is 17.8. The van der Waals surface area contributed by atoms with Crippen molar-refractivity contribution in [3.8, 4) is 0 Å². The summed E-state index contributed by atoms with van der Waals surface area (Å²) in [6, 6.07) is 5.17. The van der Waals surface area contributed by atoms with E-state index in [2.05, 4.69) is 0 Å². The average molecular weight is 332 g/mol. The smallest absolute Gasteiger partial charge is 0.313 e. The third kappa shape index (κ3) is 5.94. The topological polar surface area (TPSA) is 46.6 Å². The molecule has 21 heavy (non-hydrogen) atoms. The fourth-order valence-electron chi connectivity index (χ4n) is 1.90. The molecule has 0 fully saturated rings. The SMILES string of the molecule is CCOC(=O)CC(=O)CN(c1cc(Cl)cc(Cl)c1)C(C)C. The summed E-state index contributed by atoms with van der Waals surface area (Å²) in [5, 5.41) is 1.00. The van der Waals surface area contributed by atoms with Crippen LogP contribution in [-0.4, -0.2) is 30.9 Å². The number of benzene rings is 1. The van der Waals surface area contributed by atoms with Crippen LogP contribution in [0.4, 0.5) is 5.69 Å².